The summed E-state index contributed by atoms with van der Waals surface area (Å²) in [6.07, 6.45) is 0.908. The fourth-order valence-corrected chi connectivity index (χ4v) is 1.57. The maximum Gasteiger partial charge on any atom is 0.133 e. The molecule has 0 amide bonds. The minimum absolute atomic E-state index is 0.0765. The Labute approximate surface area is 96.9 Å². The Hall–Kier alpha value is -1.53. The lowest BCUT2D eigenvalue weighted by Gasteiger charge is -2.15. The van der Waals surface area contributed by atoms with Gasteiger partial charge in [0.25, 0.3) is 0 Å². The van der Waals surface area contributed by atoms with Crippen LogP contribution in [0.5, 0.6) is 5.75 Å². The van der Waals surface area contributed by atoms with E-state index in [1.165, 1.54) is 0 Å². The first-order chi connectivity index (χ1) is 7.58. The van der Waals surface area contributed by atoms with Crippen LogP contribution >= 0.6 is 0 Å². The first-order valence-electron chi connectivity index (χ1n) is 5.49. The molecular weight excluding hydrogens is 200 g/mol. The number of aryl methyl sites for hydroxylation is 1. The molecule has 0 aliphatic heterocycles. The average molecular weight is 218 g/mol. The summed E-state index contributed by atoms with van der Waals surface area (Å²) >= 11 is 0. The van der Waals surface area contributed by atoms with Gasteiger partial charge in [0.15, 0.2) is 0 Å². The minimum atomic E-state index is 0.0765. The summed E-state index contributed by atoms with van der Waals surface area (Å²) in [5.74, 6) is 0.0765. The fraction of sp³-hybridized carbons (Fsp3) is 0.462. The van der Waals surface area contributed by atoms with Gasteiger partial charge >= 0.3 is 0 Å². The molecule has 1 aromatic rings. The van der Waals surface area contributed by atoms with Crippen LogP contribution in [-0.2, 0) is 6.42 Å². The lowest BCUT2D eigenvalue weighted by atomic mass is 10.0. The molecule has 0 atom stereocenters. The third-order valence-electron chi connectivity index (χ3n) is 2.88. The highest BCUT2D eigenvalue weighted by Crippen LogP contribution is 2.21. The van der Waals surface area contributed by atoms with Crippen molar-refractivity contribution in [2.75, 3.05) is 20.1 Å². The summed E-state index contributed by atoms with van der Waals surface area (Å²) in [6.45, 7) is 6.06. The lowest BCUT2D eigenvalue weighted by Crippen LogP contribution is -2.20. The van der Waals surface area contributed by atoms with Gasteiger partial charge in [0.2, 0.25) is 0 Å². The van der Waals surface area contributed by atoms with Crippen LogP contribution in [0.2, 0.25) is 0 Å². The van der Waals surface area contributed by atoms with E-state index in [1.54, 1.807) is 12.1 Å². The molecule has 86 valence electrons. The molecule has 0 heterocycles. The summed E-state index contributed by atoms with van der Waals surface area (Å²) < 4.78 is 0. The van der Waals surface area contributed by atoms with Crippen molar-refractivity contribution in [1.82, 2.24) is 4.90 Å². The minimum Gasteiger partial charge on any atom is -0.507 e. The van der Waals surface area contributed by atoms with Gasteiger partial charge in [-0.2, -0.15) is 5.26 Å². The molecular formula is C13H18N2O. The molecule has 0 saturated carbocycles. The first-order valence-corrected chi connectivity index (χ1v) is 5.49. The Kier molecular flexibility index (Phi) is 4.33. The second kappa shape index (κ2) is 5.53. The van der Waals surface area contributed by atoms with Crippen LogP contribution in [0.1, 0.15) is 23.6 Å². The van der Waals surface area contributed by atoms with E-state index in [-0.39, 0.29) is 5.75 Å². The molecule has 3 heteroatoms. The predicted molar refractivity (Wildman–Crippen MR) is 64.4 cm³/mol. The summed E-state index contributed by atoms with van der Waals surface area (Å²) in [5, 5.41) is 18.3. The highest BCUT2D eigenvalue weighted by molar-refractivity contribution is 5.47. The number of phenols is 1. The lowest BCUT2D eigenvalue weighted by molar-refractivity contribution is 0.357. The van der Waals surface area contributed by atoms with E-state index >= 15 is 0 Å². The molecule has 0 aliphatic rings. The Morgan fingerprint density at radius 2 is 2.12 bits per heavy atom. The van der Waals surface area contributed by atoms with Gasteiger partial charge in [-0.1, -0.05) is 6.92 Å². The van der Waals surface area contributed by atoms with Crippen LogP contribution in [-0.4, -0.2) is 30.1 Å². The SMILES string of the molecule is CCN(C)CCc1cc(C#N)c(O)cc1C. The molecule has 0 bridgehead atoms. The van der Waals surface area contributed by atoms with Crippen molar-refractivity contribution in [3.05, 3.63) is 28.8 Å². The number of aromatic hydroxyl groups is 1. The van der Waals surface area contributed by atoms with Crippen molar-refractivity contribution in [1.29, 1.82) is 5.26 Å². The van der Waals surface area contributed by atoms with Crippen LogP contribution in [0.25, 0.3) is 0 Å². The maximum absolute atomic E-state index is 9.51. The van der Waals surface area contributed by atoms with E-state index in [1.807, 2.05) is 13.0 Å². The zero-order valence-corrected chi connectivity index (χ0v) is 10.1. The van der Waals surface area contributed by atoms with Gasteiger partial charge in [-0.05, 0) is 50.2 Å². The third-order valence-corrected chi connectivity index (χ3v) is 2.88. The molecule has 0 aliphatic carbocycles. The van der Waals surface area contributed by atoms with Crippen LogP contribution in [0.15, 0.2) is 12.1 Å². The Morgan fingerprint density at radius 1 is 1.44 bits per heavy atom. The number of rotatable bonds is 4. The molecule has 0 unspecified atom stereocenters. The smallest absolute Gasteiger partial charge is 0.133 e. The standard InChI is InChI=1S/C13H18N2O/c1-4-15(3)6-5-11-8-12(9-14)13(16)7-10(11)2/h7-8,16H,4-6H2,1-3H3. The van der Waals surface area contributed by atoms with E-state index in [0.29, 0.717) is 5.56 Å². The second-order valence-corrected chi connectivity index (χ2v) is 4.05. The Morgan fingerprint density at radius 3 is 2.69 bits per heavy atom. The van der Waals surface area contributed by atoms with E-state index in [4.69, 9.17) is 5.26 Å². The van der Waals surface area contributed by atoms with Crippen molar-refractivity contribution < 1.29 is 5.11 Å². The Bertz CT molecular complexity index is 407. The highest BCUT2D eigenvalue weighted by atomic mass is 16.3. The fourth-order valence-electron chi connectivity index (χ4n) is 1.57. The molecule has 0 spiro atoms. The summed E-state index contributed by atoms with van der Waals surface area (Å²) in [6, 6.07) is 5.45. The number of phenolic OH excluding ortho intramolecular Hbond substituents is 1. The monoisotopic (exact) mass is 218 g/mol. The largest absolute Gasteiger partial charge is 0.507 e. The molecule has 0 aromatic heterocycles. The van der Waals surface area contributed by atoms with Crippen LogP contribution in [0.3, 0.4) is 0 Å². The molecule has 3 nitrogen and oxygen atoms in total. The van der Waals surface area contributed by atoms with Gasteiger partial charge in [0, 0.05) is 6.54 Å². The molecule has 1 rings (SSSR count). The van der Waals surface area contributed by atoms with Crippen molar-refractivity contribution >= 4 is 0 Å². The van der Waals surface area contributed by atoms with Crippen LogP contribution in [0.4, 0.5) is 0 Å². The van der Waals surface area contributed by atoms with Gasteiger partial charge < -0.3 is 10.0 Å². The Balaban J connectivity index is 2.84. The van der Waals surface area contributed by atoms with Crippen LogP contribution in [0, 0.1) is 18.3 Å². The average Bonchev–Trinajstić information content (AvgIpc) is 2.27. The van der Waals surface area contributed by atoms with Gasteiger partial charge in [-0.15, -0.1) is 0 Å². The number of nitrogens with zero attached hydrogens (tertiary/aromatic N) is 2. The van der Waals surface area contributed by atoms with E-state index in [2.05, 4.69) is 18.9 Å². The summed E-state index contributed by atoms with van der Waals surface area (Å²) in [4.78, 5) is 2.22. The molecule has 0 saturated heterocycles. The normalized spacial score (nSPS) is 10.4. The highest BCUT2D eigenvalue weighted by Gasteiger charge is 2.06. The number of hydrogen-bond donors (Lipinski definition) is 1. The summed E-state index contributed by atoms with van der Waals surface area (Å²) in [7, 11) is 2.07. The zero-order chi connectivity index (χ0) is 12.1. The molecule has 1 aromatic carbocycles. The van der Waals surface area contributed by atoms with Gasteiger partial charge in [0.1, 0.15) is 11.8 Å². The summed E-state index contributed by atoms with van der Waals surface area (Å²) in [5.41, 5.74) is 2.54. The van der Waals surface area contributed by atoms with Gasteiger partial charge in [0.05, 0.1) is 5.56 Å². The third kappa shape index (κ3) is 2.98. The molecule has 0 radical (unpaired) electrons. The zero-order valence-electron chi connectivity index (χ0n) is 10.1. The quantitative estimate of drug-likeness (QED) is 0.841. The van der Waals surface area contributed by atoms with E-state index < -0.39 is 0 Å². The maximum atomic E-state index is 9.51. The second-order valence-electron chi connectivity index (χ2n) is 4.05. The predicted octanol–water partition coefficient (Wildman–Crippen LogP) is 2.07. The topological polar surface area (TPSA) is 47.3 Å². The van der Waals surface area contributed by atoms with Gasteiger partial charge in [-0.3, -0.25) is 0 Å². The van der Waals surface area contributed by atoms with Gasteiger partial charge in [-0.25, -0.2) is 0 Å². The number of nitriles is 1. The molecule has 0 fully saturated rings. The molecule has 1 N–H and O–H groups in total. The number of hydrogen-bond acceptors (Lipinski definition) is 3. The van der Waals surface area contributed by atoms with Crippen molar-refractivity contribution in [2.24, 2.45) is 0 Å². The van der Waals surface area contributed by atoms with Crippen molar-refractivity contribution in [2.45, 2.75) is 20.3 Å². The molecule has 16 heavy (non-hydrogen) atoms. The van der Waals surface area contributed by atoms with Crippen molar-refractivity contribution in [3.63, 3.8) is 0 Å². The van der Waals surface area contributed by atoms with E-state index in [9.17, 15) is 5.11 Å². The first kappa shape index (κ1) is 12.5. The number of likely N-dealkylation sites (N-methyl/N-ethyl adjacent to an activating group) is 1. The number of benzene rings is 1. The van der Waals surface area contributed by atoms with Crippen LogP contribution < -0.4 is 0 Å². The van der Waals surface area contributed by atoms with E-state index in [0.717, 1.165) is 30.6 Å². The van der Waals surface area contributed by atoms with Crippen molar-refractivity contribution in [3.8, 4) is 11.8 Å².